The first-order valence-corrected chi connectivity index (χ1v) is 10.9. The third-order valence-corrected chi connectivity index (χ3v) is 6.81. The maximum absolute atomic E-state index is 12.7. The van der Waals surface area contributed by atoms with E-state index < -0.39 is 0 Å². The van der Waals surface area contributed by atoms with E-state index in [1.165, 1.54) is 10.4 Å². The minimum absolute atomic E-state index is 0.293. The molecule has 4 heterocycles. The van der Waals surface area contributed by atoms with Gasteiger partial charge in [-0.3, -0.25) is 9.69 Å². The summed E-state index contributed by atoms with van der Waals surface area (Å²) in [5, 5.41) is 2.21. The Balaban J connectivity index is 1.28. The lowest BCUT2D eigenvalue weighted by Crippen LogP contribution is -2.49. The van der Waals surface area contributed by atoms with Crippen LogP contribution in [0.2, 0.25) is 0 Å². The highest BCUT2D eigenvalue weighted by Gasteiger charge is 2.28. The van der Waals surface area contributed by atoms with Crippen molar-refractivity contribution in [2.45, 2.75) is 32.2 Å². The molecule has 0 spiro atoms. The van der Waals surface area contributed by atoms with Crippen molar-refractivity contribution < 1.29 is 4.79 Å². The van der Waals surface area contributed by atoms with Gasteiger partial charge in [-0.1, -0.05) is 13.0 Å². The van der Waals surface area contributed by atoms with E-state index in [9.17, 15) is 4.79 Å². The number of hydrogen-bond donors (Lipinski definition) is 0. The van der Waals surface area contributed by atoms with E-state index in [4.69, 9.17) is 0 Å². The van der Waals surface area contributed by atoms with Crippen LogP contribution in [-0.4, -0.2) is 60.0 Å². The molecule has 0 N–H and O–H groups in total. The molecule has 2 aliphatic heterocycles. The average molecular weight is 385 g/mol. The highest BCUT2D eigenvalue weighted by molar-refractivity contribution is 7.10. The Morgan fingerprint density at radius 3 is 2.78 bits per heavy atom. The Hall–Kier alpha value is -1.92. The quantitative estimate of drug-likeness (QED) is 0.794. The lowest BCUT2D eigenvalue weighted by Gasteiger charge is -2.37. The molecular formula is C21H28N4OS. The lowest BCUT2D eigenvalue weighted by molar-refractivity contribution is -0.132. The Morgan fingerprint density at radius 1 is 1.19 bits per heavy atom. The molecule has 0 saturated carbocycles. The fourth-order valence-corrected chi connectivity index (χ4v) is 5.25. The van der Waals surface area contributed by atoms with E-state index in [0.717, 1.165) is 57.9 Å². The zero-order chi connectivity index (χ0) is 18.6. The van der Waals surface area contributed by atoms with E-state index in [1.807, 2.05) is 40.6 Å². The number of carbonyl (C=O) groups excluding carboxylic acids is 1. The number of piperazine rings is 1. The van der Waals surface area contributed by atoms with Gasteiger partial charge in [-0.25, -0.2) is 4.98 Å². The van der Waals surface area contributed by atoms with Crippen molar-refractivity contribution in [1.82, 2.24) is 14.8 Å². The van der Waals surface area contributed by atoms with Crippen LogP contribution in [-0.2, 0) is 11.2 Å². The summed E-state index contributed by atoms with van der Waals surface area (Å²) in [4.78, 5) is 25.5. The van der Waals surface area contributed by atoms with Crippen LogP contribution < -0.4 is 4.90 Å². The Morgan fingerprint density at radius 2 is 2.04 bits per heavy atom. The van der Waals surface area contributed by atoms with E-state index in [0.29, 0.717) is 18.4 Å². The van der Waals surface area contributed by atoms with Gasteiger partial charge in [0.2, 0.25) is 5.91 Å². The Kier molecular flexibility index (Phi) is 5.74. The van der Waals surface area contributed by atoms with Crippen molar-refractivity contribution in [3.05, 3.63) is 46.3 Å². The predicted molar refractivity (Wildman–Crippen MR) is 110 cm³/mol. The second-order valence-corrected chi connectivity index (χ2v) is 8.32. The molecule has 0 bridgehead atoms. The number of thiophene rings is 1. The number of pyridine rings is 1. The molecule has 144 valence electrons. The van der Waals surface area contributed by atoms with E-state index in [2.05, 4.69) is 33.2 Å². The van der Waals surface area contributed by atoms with Gasteiger partial charge in [-0.2, -0.15) is 0 Å². The number of nitrogens with zero attached hydrogens (tertiary/aromatic N) is 4. The van der Waals surface area contributed by atoms with Crippen LogP contribution >= 0.6 is 11.3 Å². The first-order valence-electron chi connectivity index (χ1n) is 10.0. The summed E-state index contributed by atoms with van der Waals surface area (Å²) in [6, 6.07) is 8.75. The van der Waals surface area contributed by atoms with E-state index in [-0.39, 0.29) is 0 Å². The Labute approximate surface area is 165 Å². The zero-order valence-corrected chi connectivity index (χ0v) is 16.8. The summed E-state index contributed by atoms with van der Waals surface area (Å²) in [6.45, 7) is 7.51. The topological polar surface area (TPSA) is 39.7 Å². The second-order valence-electron chi connectivity index (χ2n) is 7.31. The minimum atomic E-state index is 0.293. The molecule has 1 saturated heterocycles. The smallest absolute Gasteiger partial charge is 0.223 e. The summed E-state index contributed by atoms with van der Waals surface area (Å²) in [7, 11) is 0. The van der Waals surface area contributed by atoms with Gasteiger partial charge in [0.15, 0.2) is 0 Å². The van der Waals surface area contributed by atoms with Crippen LogP contribution in [0.15, 0.2) is 35.8 Å². The van der Waals surface area contributed by atoms with Gasteiger partial charge < -0.3 is 9.80 Å². The van der Waals surface area contributed by atoms with Crippen molar-refractivity contribution in [1.29, 1.82) is 0 Å². The summed E-state index contributed by atoms with van der Waals surface area (Å²) in [5.41, 5.74) is 1.49. The van der Waals surface area contributed by atoms with Gasteiger partial charge in [0.25, 0.3) is 0 Å². The fourth-order valence-electron chi connectivity index (χ4n) is 4.32. The third-order valence-electron chi connectivity index (χ3n) is 5.81. The number of aromatic nitrogens is 1. The Bertz CT molecular complexity index is 755. The summed E-state index contributed by atoms with van der Waals surface area (Å²) in [6.07, 6.45) is 4.69. The van der Waals surface area contributed by atoms with Gasteiger partial charge in [-0.05, 0) is 42.0 Å². The molecule has 27 heavy (non-hydrogen) atoms. The molecule has 0 aliphatic carbocycles. The molecule has 1 amide bonds. The van der Waals surface area contributed by atoms with Crippen LogP contribution in [0.25, 0.3) is 0 Å². The van der Waals surface area contributed by atoms with Gasteiger partial charge in [0.1, 0.15) is 5.82 Å². The number of rotatable bonds is 5. The number of fused-ring (bicyclic) bond motifs is 1. The van der Waals surface area contributed by atoms with Crippen LogP contribution in [0.5, 0.6) is 0 Å². The maximum Gasteiger partial charge on any atom is 0.223 e. The molecule has 2 aliphatic rings. The monoisotopic (exact) mass is 384 g/mol. The van der Waals surface area contributed by atoms with Crippen LogP contribution in [0.3, 0.4) is 0 Å². The SMILES string of the molecule is CCC1c2ccsc2CCN1CCC(=O)N1CCN(c2ccccn2)CC1. The molecule has 0 radical (unpaired) electrons. The van der Waals surface area contributed by atoms with Gasteiger partial charge >= 0.3 is 0 Å². The molecule has 5 nitrogen and oxygen atoms in total. The molecule has 1 atom stereocenters. The molecule has 0 aromatic carbocycles. The van der Waals surface area contributed by atoms with E-state index in [1.54, 1.807) is 0 Å². The minimum Gasteiger partial charge on any atom is -0.353 e. The molecule has 4 rings (SSSR count). The molecule has 2 aromatic heterocycles. The highest BCUT2D eigenvalue weighted by atomic mass is 32.1. The second kappa shape index (κ2) is 8.40. The molecule has 6 heteroatoms. The lowest BCUT2D eigenvalue weighted by atomic mass is 9.97. The van der Waals surface area contributed by atoms with Crippen molar-refractivity contribution >= 4 is 23.1 Å². The maximum atomic E-state index is 12.7. The van der Waals surface area contributed by atoms with Crippen LogP contribution in [0.4, 0.5) is 5.82 Å². The highest BCUT2D eigenvalue weighted by Crippen LogP contribution is 2.35. The fraction of sp³-hybridized carbons (Fsp3) is 0.524. The third kappa shape index (κ3) is 4.01. The zero-order valence-electron chi connectivity index (χ0n) is 16.0. The van der Waals surface area contributed by atoms with Crippen molar-refractivity contribution in [3.63, 3.8) is 0 Å². The number of hydrogen-bond acceptors (Lipinski definition) is 5. The molecule has 1 unspecified atom stereocenters. The van der Waals surface area contributed by atoms with E-state index >= 15 is 0 Å². The van der Waals surface area contributed by atoms with Crippen molar-refractivity contribution in [2.75, 3.05) is 44.2 Å². The molecule has 2 aromatic rings. The summed E-state index contributed by atoms with van der Waals surface area (Å²) >= 11 is 1.88. The molecule has 1 fully saturated rings. The van der Waals surface area contributed by atoms with Crippen molar-refractivity contribution in [2.24, 2.45) is 0 Å². The normalized spacial score (nSPS) is 20.6. The summed E-state index contributed by atoms with van der Waals surface area (Å²) in [5.74, 6) is 1.30. The first-order chi connectivity index (χ1) is 13.3. The first kappa shape index (κ1) is 18.4. The van der Waals surface area contributed by atoms with Gasteiger partial charge in [-0.15, -0.1) is 11.3 Å². The molecular weight excluding hydrogens is 356 g/mol. The predicted octanol–water partition coefficient (Wildman–Crippen LogP) is 3.19. The number of anilines is 1. The standard InChI is InChI=1S/C21H28N4OS/c1-2-18-17-8-16-27-19(17)6-10-23(18)11-7-21(26)25-14-12-24(13-15-25)20-5-3-4-9-22-20/h3-5,8-9,16,18H,2,6-7,10-15H2,1H3. The number of amides is 1. The van der Waals surface area contributed by atoms with Crippen LogP contribution in [0, 0.1) is 0 Å². The van der Waals surface area contributed by atoms with Gasteiger partial charge in [0, 0.05) is 62.8 Å². The van der Waals surface area contributed by atoms with Crippen LogP contribution in [0.1, 0.15) is 36.2 Å². The summed E-state index contributed by atoms with van der Waals surface area (Å²) < 4.78 is 0. The largest absolute Gasteiger partial charge is 0.353 e. The number of carbonyl (C=O) groups is 1. The average Bonchev–Trinajstić information content (AvgIpc) is 3.21. The van der Waals surface area contributed by atoms with Gasteiger partial charge in [0.05, 0.1) is 0 Å². The van der Waals surface area contributed by atoms with Crippen molar-refractivity contribution in [3.8, 4) is 0 Å².